The quantitative estimate of drug-likeness (QED) is 0.857. The zero-order valence-corrected chi connectivity index (χ0v) is 15.7. The number of likely N-dealkylation sites (tertiary alicyclic amines) is 1. The average Bonchev–Trinajstić information content (AvgIpc) is 3.16. The third-order valence-corrected chi connectivity index (χ3v) is 5.06. The maximum atomic E-state index is 12.8. The molecule has 1 aliphatic heterocycles. The predicted octanol–water partition coefficient (Wildman–Crippen LogP) is 3.25. The summed E-state index contributed by atoms with van der Waals surface area (Å²) in [5.41, 5.74) is 1.72. The van der Waals surface area contributed by atoms with Gasteiger partial charge >= 0.3 is 0 Å². The molecule has 0 radical (unpaired) electrons. The van der Waals surface area contributed by atoms with Crippen molar-refractivity contribution in [1.82, 2.24) is 10.2 Å². The summed E-state index contributed by atoms with van der Waals surface area (Å²) < 4.78 is 0. The first kappa shape index (κ1) is 19.4. The molecule has 0 unspecified atom stereocenters. The van der Waals surface area contributed by atoms with E-state index < -0.39 is 0 Å². The number of carbonyl (C=O) groups excluding carboxylic acids is 2. The SMILES string of the molecule is CNC1CCN(C(=O)c2ccccc2NC(=O)c2ccsc2)CC1.Cl. The second-order valence-corrected chi connectivity index (χ2v) is 6.65. The fourth-order valence-electron chi connectivity index (χ4n) is 2.91. The first-order valence-electron chi connectivity index (χ1n) is 8.08. The number of nitrogens with zero attached hydrogens (tertiary/aromatic N) is 1. The van der Waals surface area contributed by atoms with Gasteiger partial charge in [-0.1, -0.05) is 12.1 Å². The normalized spacial score (nSPS) is 14.7. The molecule has 2 aromatic rings. The van der Waals surface area contributed by atoms with Crippen LogP contribution in [-0.2, 0) is 0 Å². The molecule has 0 atom stereocenters. The lowest BCUT2D eigenvalue weighted by atomic mass is 10.0. The highest BCUT2D eigenvalue weighted by molar-refractivity contribution is 7.08. The Morgan fingerprint density at radius 3 is 2.52 bits per heavy atom. The second-order valence-electron chi connectivity index (χ2n) is 5.87. The van der Waals surface area contributed by atoms with Crippen LogP contribution < -0.4 is 10.6 Å². The number of hydrogen-bond donors (Lipinski definition) is 2. The molecule has 1 aliphatic rings. The van der Waals surface area contributed by atoms with E-state index in [1.54, 1.807) is 23.6 Å². The van der Waals surface area contributed by atoms with E-state index in [1.165, 1.54) is 11.3 Å². The molecular formula is C18H22ClN3O2S. The summed E-state index contributed by atoms with van der Waals surface area (Å²) >= 11 is 1.47. The van der Waals surface area contributed by atoms with Crippen molar-refractivity contribution in [1.29, 1.82) is 0 Å². The summed E-state index contributed by atoms with van der Waals surface area (Å²) in [5.74, 6) is -0.212. The Labute approximate surface area is 157 Å². The van der Waals surface area contributed by atoms with E-state index in [2.05, 4.69) is 10.6 Å². The fourth-order valence-corrected chi connectivity index (χ4v) is 3.54. The first-order chi connectivity index (χ1) is 11.7. The summed E-state index contributed by atoms with van der Waals surface area (Å²) in [6.07, 6.45) is 1.90. The monoisotopic (exact) mass is 379 g/mol. The molecule has 0 bridgehead atoms. The molecule has 2 heterocycles. The number of anilines is 1. The summed E-state index contributed by atoms with van der Waals surface area (Å²) in [6, 6.07) is 9.45. The van der Waals surface area contributed by atoms with Gasteiger partial charge in [0.05, 0.1) is 16.8 Å². The van der Waals surface area contributed by atoms with Crippen molar-refractivity contribution in [3.05, 3.63) is 52.2 Å². The van der Waals surface area contributed by atoms with Gasteiger partial charge in [-0.15, -0.1) is 12.4 Å². The van der Waals surface area contributed by atoms with Gasteiger partial charge in [-0.05, 0) is 43.5 Å². The Bertz CT molecular complexity index is 713. The minimum absolute atomic E-state index is 0. The van der Waals surface area contributed by atoms with E-state index in [4.69, 9.17) is 0 Å². The molecule has 1 aromatic carbocycles. The van der Waals surface area contributed by atoms with Gasteiger partial charge in [-0.25, -0.2) is 0 Å². The molecule has 1 aromatic heterocycles. The van der Waals surface area contributed by atoms with E-state index in [1.807, 2.05) is 29.5 Å². The molecule has 1 fully saturated rings. The van der Waals surface area contributed by atoms with Gasteiger partial charge in [0.15, 0.2) is 0 Å². The van der Waals surface area contributed by atoms with E-state index in [-0.39, 0.29) is 24.2 Å². The van der Waals surface area contributed by atoms with Crippen molar-refractivity contribution in [2.24, 2.45) is 0 Å². The molecule has 134 valence electrons. The van der Waals surface area contributed by atoms with Crippen molar-refractivity contribution >= 4 is 41.2 Å². The third kappa shape index (κ3) is 4.60. The maximum absolute atomic E-state index is 12.8. The van der Waals surface area contributed by atoms with Gasteiger partial charge in [0.2, 0.25) is 0 Å². The van der Waals surface area contributed by atoms with Gasteiger partial charge in [0.1, 0.15) is 0 Å². The highest BCUT2D eigenvalue weighted by Gasteiger charge is 2.24. The number of nitrogens with one attached hydrogen (secondary N) is 2. The standard InChI is InChI=1S/C18H21N3O2S.ClH/c1-19-14-6-9-21(10-7-14)18(23)15-4-2-3-5-16(15)20-17(22)13-8-11-24-12-13;/h2-5,8,11-12,14,19H,6-7,9-10H2,1H3,(H,20,22);1H. The largest absolute Gasteiger partial charge is 0.338 e. The Morgan fingerprint density at radius 1 is 1.16 bits per heavy atom. The van der Waals surface area contributed by atoms with Crippen LogP contribution in [0.3, 0.4) is 0 Å². The van der Waals surface area contributed by atoms with Crippen LogP contribution in [0.2, 0.25) is 0 Å². The minimum Gasteiger partial charge on any atom is -0.338 e. The molecular weight excluding hydrogens is 358 g/mol. The lowest BCUT2D eigenvalue weighted by Crippen LogP contribution is -2.44. The minimum atomic E-state index is -0.189. The molecule has 25 heavy (non-hydrogen) atoms. The Kier molecular flexibility index (Phi) is 6.99. The molecule has 0 saturated carbocycles. The van der Waals surface area contributed by atoms with Gasteiger partial charge in [-0.3, -0.25) is 9.59 Å². The molecule has 2 amide bonds. The molecule has 0 spiro atoms. The Hall–Kier alpha value is -1.89. The number of thiophene rings is 1. The molecule has 3 rings (SSSR count). The molecule has 1 saturated heterocycles. The van der Waals surface area contributed by atoms with Crippen molar-refractivity contribution in [3.8, 4) is 0 Å². The van der Waals surface area contributed by atoms with Crippen LogP contribution in [0.25, 0.3) is 0 Å². The number of amides is 2. The smallest absolute Gasteiger partial charge is 0.256 e. The van der Waals surface area contributed by atoms with Crippen molar-refractivity contribution in [2.75, 3.05) is 25.5 Å². The van der Waals surface area contributed by atoms with Crippen LogP contribution >= 0.6 is 23.7 Å². The second kappa shape index (κ2) is 8.99. The van der Waals surface area contributed by atoms with E-state index in [0.717, 1.165) is 25.9 Å². The summed E-state index contributed by atoms with van der Waals surface area (Å²) in [5, 5.41) is 9.78. The molecule has 7 heteroatoms. The van der Waals surface area contributed by atoms with Crippen molar-refractivity contribution in [3.63, 3.8) is 0 Å². The van der Waals surface area contributed by atoms with Gasteiger partial charge in [0.25, 0.3) is 11.8 Å². The topological polar surface area (TPSA) is 61.4 Å². The van der Waals surface area contributed by atoms with Crippen LogP contribution in [-0.4, -0.2) is 42.9 Å². The number of para-hydroxylation sites is 1. The highest BCUT2D eigenvalue weighted by atomic mass is 35.5. The molecule has 0 aliphatic carbocycles. The number of benzene rings is 1. The van der Waals surface area contributed by atoms with Crippen LogP contribution in [0.5, 0.6) is 0 Å². The predicted molar refractivity (Wildman–Crippen MR) is 104 cm³/mol. The summed E-state index contributed by atoms with van der Waals surface area (Å²) in [6.45, 7) is 1.47. The molecule has 2 N–H and O–H groups in total. The van der Waals surface area contributed by atoms with Crippen LogP contribution in [0.4, 0.5) is 5.69 Å². The van der Waals surface area contributed by atoms with Crippen LogP contribution in [0.15, 0.2) is 41.1 Å². The van der Waals surface area contributed by atoms with E-state index >= 15 is 0 Å². The zero-order valence-electron chi connectivity index (χ0n) is 14.0. The van der Waals surface area contributed by atoms with Crippen molar-refractivity contribution < 1.29 is 9.59 Å². The van der Waals surface area contributed by atoms with Crippen LogP contribution in [0, 0.1) is 0 Å². The first-order valence-corrected chi connectivity index (χ1v) is 9.02. The third-order valence-electron chi connectivity index (χ3n) is 4.38. The summed E-state index contributed by atoms with van der Waals surface area (Å²) in [4.78, 5) is 27.0. The van der Waals surface area contributed by atoms with Crippen LogP contribution in [0.1, 0.15) is 33.6 Å². The molecule has 5 nitrogen and oxygen atoms in total. The number of piperidine rings is 1. The number of hydrogen-bond acceptors (Lipinski definition) is 4. The van der Waals surface area contributed by atoms with Gasteiger partial charge in [-0.2, -0.15) is 11.3 Å². The number of rotatable bonds is 4. The fraction of sp³-hybridized carbons (Fsp3) is 0.333. The Balaban J connectivity index is 0.00000225. The van der Waals surface area contributed by atoms with E-state index in [0.29, 0.717) is 22.9 Å². The highest BCUT2D eigenvalue weighted by Crippen LogP contribution is 2.21. The van der Waals surface area contributed by atoms with Gasteiger partial charge in [0, 0.05) is 24.5 Å². The van der Waals surface area contributed by atoms with Gasteiger partial charge < -0.3 is 15.5 Å². The maximum Gasteiger partial charge on any atom is 0.256 e. The number of halogens is 1. The average molecular weight is 380 g/mol. The lowest BCUT2D eigenvalue weighted by Gasteiger charge is -2.32. The van der Waals surface area contributed by atoms with E-state index in [9.17, 15) is 9.59 Å². The number of carbonyl (C=O) groups is 2. The lowest BCUT2D eigenvalue weighted by molar-refractivity contribution is 0.0708. The zero-order chi connectivity index (χ0) is 16.9. The van der Waals surface area contributed by atoms with Crippen molar-refractivity contribution in [2.45, 2.75) is 18.9 Å². The summed E-state index contributed by atoms with van der Waals surface area (Å²) in [7, 11) is 1.96. The Morgan fingerprint density at radius 2 is 1.88 bits per heavy atom.